The van der Waals surface area contributed by atoms with Gasteiger partial charge in [0.25, 0.3) is 0 Å². The molecule has 1 aromatic carbocycles. The summed E-state index contributed by atoms with van der Waals surface area (Å²) in [5.41, 5.74) is 4.28. The van der Waals surface area contributed by atoms with Gasteiger partial charge in [0.15, 0.2) is 5.11 Å². The van der Waals surface area contributed by atoms with E-state index in [1.54, 1.807) is 0 Å². The maximum atomic E-state index is 6.92. The van der Waals surface area contributed by atoms with Crippen molar-refractivity contribution >= 4 is 40.3 Å². The van der Waals surface area contributed by atoms with Crippen LogP contribution in [0.25, 0.3) is 0 Å². The third-order valence-corrected chi connectivity index (χ3v) is 7.64. The first-order valence-corrected chi connectivity index (χ1v) is 12.9. The molecule has 2 aliphatic rings. The SMILES string of the molecule is CCn1cccc1[C@H]1[C@H](c2ccccn2)NC(=S)N1c1ccc(N2C[C@H](C)C[C@H](C)C2)c(Cl)c1. The normalized spacial score (nSPS) is 25.0. The monoisotopic (exact) mass is 493 g/mol. The number of aromatic nitrogens is 2. The standard InChI is InChI=1S/C27H32ClN5S/c1-4-31-13-7-9-24(31)26-25(22-8-5-6-12-29-22)30-27(34)33(26)20-10-11-23(21(28)15-20)32-16-18(2)14-19(3)17-32/h5-13,15,18-19,25-26H,4,14,16-17H2,1-3H3,(H,30,34)/t18-,19+,25-,26-/m0/s1. The second kappa shape index (κ2) is 9.59. The highest BCUT2D eigenvalue weighted by atomic mass is 35.5. The zero-order chi connectivity index (χ0) is 23.8. The Morgan fingerprint density at radius 3 is 2.56 bits per heavy atom. The molecule has 2 aliphatic heterocycles. The number of benzene rings is 1. The molecule has 0 unspecified atom stereocenters. The Labute approximate surface area is 212 Å². The molecular formula is C27H32ClN5S. The van der Waals surface area contributed by atoms with Crippen LogP contribution in [-0.4, -0.2) is 27.8 Å². The van der Waals surface area contributed by atoms with Crippen molar-refractivity contribution < 1.29 is 0 Å². The fraction of sp³-hybridized carbons (Fsp3) is 0.407. The largest absolute Gasteiger partial charge is 0.370 e. The van der Waals surface area contributed by atoms with Gasteiger partial charge in [-0.05, 0) is 79.9 Å². The molecule has 4 heterocycles. The van der Waals surface area contributed by atoms with Crippen LogP contribution in [0.5, 0.6) is 0 Å². The van der Waals surface area contributed by atoms with Crippen molar-refractivity contribution in [2.24, 2.45) is 11.8 Å². The quantitative estimate of drug-likeness (QED) is 0.427. The summed E-state index contributed by atoms with van der Waals surface area (Å²) >= 11 is 12.8. The Hall–Kier alpha value is -2.57. The molecular weight excluding hydrogens is 462 g/mol. The van der Waals surface area contributed by atoms with E-state index in [9.17, 15) is 0 Å². The number of thiocarbonyl (C=S) groups is 1. The Morgan fingerprint density at radius 1 is 1.09 bits per heavy atom. The molecule has 2 saturated heterocycles. The van der Waals surface area contributed by atoms with Crippen molar-refractivity contribution in [2.45, 2.75) is 45.8 Å². The summed E-state index contributed by atoms with van der Waals surface area (Å²) in [6.45, 7) is 9.79. The molecule has 0 saturated carbocycles. The molecule has 1 N–H and O–H groups in total. The first kappa shape index (κ1) is 23.2. The predicted octanol–water partition coefficient (Wildman–Crippen LogP) is 6.22. The fourth-order valence-corrected chi connectivity index (χ4v) is 6.32. The van der Waals surface area contributed by atoms with E-state index in [2.05, 4.69) is 88.0 Å². The molecule has 5 nitrogen and oxygen atoms in total. The first-order chi connectivity index (χ1) is 16.5. The van der Waals surface area contributed by atoms with Crippen LogP contribution < -0.4 is 15.1 Å². The molecule has 2 fully saturated rings. The average Bonchev–Trinajstić information content (AvgIpc) is 3.42. The molecule has 178 valence electrons. The van der Waals surface area contributed by atoms with Crippen LogP contribution in [0.3, 0.4) is 0 Å². The summed E-state index contributed by atoms with van der Waals surface area (Å²) in [4.78, 5) is 9.29. The van der Waals surface area contributed by atoms with Gasteiger partial charge in [0, 0.05) is 43.4 Å². The van der Waals surface area contributed by atoms with E-state index >= 15 is 0 Å². The van der Waals surface area contributed by atoms with Gasteiger partial charge < -0.3 is 19.7 Å². The zero-order valence-corrected chi connectivity index (χ0v) is 21.6. The second-order valence-electron chi connectivity index (χ2n) is 9.70. The minimum atomic E-state index is -0.0591. The number of halogens is 1. The first-order valence-electron chi connectivity index (χ1n) is 12.2. The molecule has 0 spiro atoms. The van der Waals surface area contributed by atoms with Crippen LogP contribution in [0.4, 0.5) is 11.4 Å². The molecule has 3 aromatic rings. The van der Waals surface area contributed by atoms with Gasteiger partial charge in [-0.3, -0.25) is 4.98 Å². The number of aryl methyl sites for hydroxylation is 1. The smallest absolute Gasteiger partial charge is 0.174 e. The summed E-state index contributed by atoms with van der Waals surface area (Å²) in [7, 11) is 0. The number of hydrogen-bond acceptors (Lipinski definition) is 3. The van der Waals surface area contributed by atoms with Crippen LogP contribution in [-0.2, 0) is 6.54 Å². The van der Waals surface area contributed by atoms with Gasteiger partial charge in [-0.1, -0.05) is 31.5 Å². The lowest BCUT2D eigenvalue weighted by Crippen LogP contribution is -2.38. The van der Waals surface area contributed by atoms with Crippen LogP contribution in [0, 0.1) is 11.8 Å². The van der Waals surface area contributed by atoms with Gasteiger partial charge >= 0.3 is 0 Å². The number of pyridine rings is 1. The lowest BCUT2D eigenvalue weighted by Gasteiger charge is -2.37. The zero-order valence-electron chi connectivity index (χ0n) is 20.0. The van der Waals surface area contributed by atoms with Gasteiger partial charge in [0.05, 0.1) is 22.4 Å². The summed E-state index contributed by atoms with van der Waals surface area (Å²) in [5.74, 6) is 1.33. The predicted molar refractivity (Wildman–Crippen MR) is 145 cm³/mol. The van der Waals surface area contributed by atoms with Crippen LogP contribution in [0.2, 0.25) is 5.02 Å². The highest BCUT2D eigenvalue weighted by molar-refractivity contribution is 7.80. The van der Waals surface area contributed by atoms with Crippen LogP contribution in [0.15, 0.2) is 60.9 Å². The van der Waals surface area contributed by atoms with E-state index in [-0.39, 0.29) is 12.1 Å². The van der Waals surface area contributed by atoms with E-state index < -0.39 is 0 Å². The lowest BCUT2D eigenvalue weighted by molar-refractivity contribution is 0.357. The molecule has 4 atom stereocenters. The summed E-state index contributed by atoms with van der Waals surface area (Å²) in [6.07, 6.45) is 5.23. The fourth-order valence-electron chi connectivity index (χ4n) is 5.68. The maximum Gasteiger partial charge on any atom is 0.174 e. The lowest BCUT2D eigenvalue weighted by atomic mass is 9.91. The molecule has 0 aliphatic carbocycles. The number of nitrogens with one attached hydrogen (secondary N) is 1. The van der Waals surface area contributed by atoms with Crippen molar-refractivity contribution in [1.82, 2.24) is 14.9 Å². The van der Waals surface area contributed by atoms with Crippen LogP contribution >= 0.6 is 23.8 Å². The van der Waals surface area contributed by atoms with Crippen molar-refractivity contribution in [1.29, 1.82) is 0 Å². The number of rotatable bonds is 5. The molecule has 5 rings (SSSR count). The van der Waals surface area contributed by atoms with E-state index in [1.165, 1.54) is 12.1 Å². The van der Waals surface area contributed by atoms with E-state index in [0.717, 1.165) is 41.7 Å². The molecule has 7 heteroatoms. The summed E-state index contributed by atoms with van der Waals surface area (Å²) in [6, 6.07) is 16.6. The van der Waals surface area contributed by atoms with Crippen molar-refractivity contribution in [3.05, 3.63) is 77.3 Å². The van der Waals surface area contributed by atoms with Crippen molar-refractivity contribution in [2.75, 3.05) is 22.9 Å². The number of anilines is 2. The number of piperidine rings is 1. The van der Waals surface area contributed by atoms with E-state index in [0.29, 0.717) is 16.9 Å². The summed E-state index contributed by atoms with van der Waals surface area (Å²) in [5, 5.41) is 5.00. The molecule has 0 radical (unpaired) electrons. The van der Waals surface area contributed by atoms with Gasteiger partial charge in [0.1, 0.15) is 6.04 Å². The van der Waals surface area contributed by atoms with Crippen molar-refractivity contribution in [3.8, 4) is 0 Å². The van der Waals surface area contributed by atoms with Crippen molar-refractivity contribution in [3.63, 3.8) is 0 Å². The minimum absolute atomic E-state index is 0.0331. The van der Waals surface area contributed by atoms with Gasteiger partial charge in [-0.25, -0.2) is 0 Å². The molecule has 2 aromatic heterocycles. The van der Waals surface area contributed by atoms with Gasteiger partial charge in [-0.2, -0.15) is 0 Å². The topological polar surface area (TPSA) is 36.3 Å². The van der Waals surface area contributed by atoms with E-state index in [4.69, 9.17) is 23.8 Å². The molecule has 0 bridgehead atoms. The van der Waals surface area contributed by atoms with E-state index in [1.807, 2.05) is 18.3 Å². The highest BCUT2D eigenvalue weighted by Gasteiger charge is 2.42. The van der Waals surface area contributed by atoms with Gasteiger partial charge in [0.2, 0.25) is 0 Å². The molecule has 34 heavy (non-hydrogen) atoms. The Bertz CT molecular complexity index is 1150. The summed E-state index contributed by atoms with van der Waals surface area (Å²) < 4.78 is 2.27. The third kappa shape index (κ3) is 4.29. The number of nitrogens with zero attached hydrogens (tertiary/aromatic N) is 4. The highest BCUT2D eigenvalue weighted by Crippen LogP contribution is 2.43. The number of hydrogen-bond donors (Lipinski definition) is 1. The second-order valence-corrected chi connectivity index (χ2v) is 10.5. The maximum absolute atomic E-state index is 6.92. The van der Waals surface area contributed by atoms with Gasteiger partial charge in [-0.15, -0.1) is 0 Å². The van der Waals surface area contributed by atoms with Crippen LogP contribution in [0.1, 0.15) is 50.7 Å². The third-order valence-electron chi connectivity index (χ3n) is 7.03. The Kier molecular flexibility index (Phi) is 6.54. The Balaban J connectivity index is 1.53. The average molecular weight is 494 g/mol. The Morgan fingerprint density at radius 2 is 1.88 bits per heavy atom. The molecule has 0 amide bonds. The minimum Gasteiger partial charge on any atom is -0.370 e.